The molecular formula is C26H25ClN4O3. The van der Waals surface area contributed by atoms with E-state index in [1.54, 1.807) is 12.1 Å². The summed E-state index contributed by atoms with van der Waals surface area (Å²) in [6.07, 6.45) is 6.16. The van der Waals surface area contributed by atoms with Crippen molar-refractivity contribution >= 4 is 33.9 Å². The first kappa shape index (κ1) is 22.4. The van der Waals surface area contributed by atoms with Gasteiger partial charge < -0.3 is 15.1 Å². The van der Waals surface area contributed by atoms with Crippen molar-refractivity contribution in [3.05, 3.63) is 87.8 Å². The Labute approximate surface area is 202 Å². The first-order valence-electron chi connectivity index (χ1n) is 11.4. The van der Waals surface area contributed by atoms with Crippen LogP contribution in [0.1, 0.15) is 31.4 Å². The number of pyridine rings is 1. The maximum atomic E-state index is 10.8. The van der Waals surface area contributed by atoms with Gasteiger partial charge in [-0.25, -0.2) is 0 Å². The van der Waals surface area contributed by atoms with Crippen molar-refractivity contribution in [1.29, 1.82) is 0 Å². The van der Waals surface area contributed by atoms with Crippen LogP contribution in [0.5, 0.6) is 0 Å². The van der Waals surface area contributed by atoms with Crippen LogP contribution >= 0.6 is 11.6 Å². The number of nitrogens with one attached hydrogen (secondary N) is 2. The van der Waals surface area contributed by atoms with Gasteiger partial charge in [-0.2, -0.15) is 0 Å². The molecule has 0 radical (unpaired) electrons. The Hall–Kier alpha value is -3.42. The molecule has 1 fully saturated rings. The quantitative estimate of drug-likeness (QED) is 0.231. The first-order valence-corrected chi connectivity index (χ1v) is 11.8. The smallest absolute Gasteiger partial charge is 0.269 e. The molecule has 2 N–H and O–H groups in total. The number of hydrogen-bond donors (Lipinski definition) is 2. The van der Waals surface area contributed by atoms with Gasteiger partial charge in [0.1, 0.15) is 11.5 Å². The molecule has 0 bridgehead atoms. The van der Waals surface area contributed by atoms with Crippen LogP contribution in [0.2, 0.25) is 5.02 Å². The standard InChI is InChI=1S/C26H25ClN4O3/c27-18-3-11-23-24(13-14-28-25(23)15-18)30-20-6-4-19(5-7-20)29-16-22-10-12-26(34-22)17-1-8-21(9-2-17)31(32)33/h1-3,8-15,19-20,29H,4-7,16H2,(H,28,30). The van der Waals surface area contributed by atoms with Gasteiger partial charge in [0, 0.05) is 52.1 Å². The molecule has 0 unspecified atom stereocenters. The Morgan fingerprint density at radius 1 is 1.00 bits per heavy atom. The molecule has 0 saturated heterocycles. The van der Waals surface area contributed by atoms with Gasteiger partial charge in [0.2, 0.25) is 0 Å². The number of nitrogens with zero attached hydrogens (tertiary/aromatic N) is 2. The summed E-state index contributed by atoms with van der Waals surface area (Å²) in [6, 6.07) is 19.0. The minimum Gasteiger partial charge on any atom is -0.460 e. The fourth-order valence-electron chi connectivity index (χ4n) is 4.53. The second-order valence-corrected chi connectivity index (χ2v) is 9.10. The maximum Gasteiger partial charge on any atom is 0.269 e. The molecule has 0 spiro atoms. The van der Waals surface area contributed by atoms with Gasteiger partial charge in [-0.05, 0) is 74.2 Å². The molecule has 2 aromatic heterocycles. The maximum absolute atomic E-state index is 10.8. The first-order chi connectivity index (χ1) is 16.5. The summed E-state index contributed by atoms with van der Waals surface area (Å²) in [4.78, 5) is 14.8. The summed E-state index contributed by atoms with van der Waals surface area (Å²) in [5.41, 5.74) is 2.91. The molecule has 0 atom stereocenters. The zero-order chi connectivity index (χ0) is 23.5. The summed E-state index contributed by atoms with van der Waals surface area (Å²) < 4.78 is 5.95. The average Bonchev–Trinajstić information content (AvgIpc) is 3.33. The summed E-state index contributed by atoms with van der Waals surface area (Å²) in [5, 5.41) is 19.9. The largest absolute Gasteiger partial charge is 0.460 e. The van der Waals surface area contributed by atoms with E-state index < -0.39 is 4.92 Å². The minimum atomic E-state index is -0.402. The van der Waals surface area contributed by atoms with Crippen LogP contribution in [0.15, 0.2) is 71.3 Å². The molecule has 1 saturated carbocycles. The van der Waals surface area contributed by atoms with Crippen molar-refractivity contribution in [3.63, 3.8) is 0 Å². The number of hydrogen-bond acceptors (Lipinski definition) is 6. The van der Waals surface area contributed by atoms with Crippen LogP contribution in [0.4, 0.5) is 11.4 Å². The average molecular weight is 477 g/mol. The molecule has 4 aromatic rings. The number of furan rings is 1. The van der Waals surface area contributed by atoms with Crippen LogP contribution in [0.25, 0.3) is 22.2 Å². The summed E-state index contributed by atoms with van der Waals surface area (Å²) in [6.45, 7) is 0.658. The number of nitro groups is 1. The summed E-state index contributed by atoms with van der Waals surface area (Å²) in [5.74, 6) is 1.57. The molecule has 174 valence electrons. The third-order valence-corrected chi connectivity index (χ3v) is 6.62. The van der Waals surface area contributed by atoms with Crippen LogP contribution in [0, 0.1) is 10.1 Å². The molecule has 5 rings (SSSR count). The Balaban J connectivity index is 1.12. The lowest BCUT2D eigenvalue weighted by atomic mass is 9.91. The molecule has 1 aliphatic rings. The second-order valence-electron chi connectivity index (χ2n) is 8.66. The zero-order valence-corrected chi connectivity index (χ0v) is 19.3. The highest BCUT2D eigenvalue weighted by Gasteiger charge is 2.21. The second kappa shape index (κ2) is 9.83. The van der Waals surface area contributed by atoms with E-state index in [0.717, 1.165) is 53.6 Å². The van der Waals surface area contributed by atoms with E-state index in [9.17, 15) is 10.1 Å². The SMILES string of the molecule is O=[N+]([O-])c1ccc(-c2ccc(CNC3CCC(Nc4ccnc5cc(Cl)ccc45)CC3)o2)cc1. The lowest BCUT2D eigenvalue weighted by Gasteiger charge is -2.30. The molecule has 2 heterocycles. The number of aromatic nitrogens is 1. The highest BCUT2D eigenvalue weighted by Crippen LogP contribution is 2.29. The van der Waals surface area contributed by atoms with Crippen molar-refractivity contribution in [3.8, 4) is 11.3 Å². The number of rotatable bonds is 7. The van der Waals surface area contributed by atoms with Gasteiger partial charge in [0.05, 0.1) is 17.0 Å². The number of benzene rings is 2. The molecule has 7 nitrogen and oxygen atoms in total. The number of fused-ring (bicyclic) bond motifs is 1. The summed E-state index contributed by atoms with van der Waals surface area (Å²) in [7, 11) is 0. The normalized spacial score (nSPS) is 18.1. The van der Waals surface area contributed by atoms with Crippen LogP contribution in [-0.2, 0) is 6.54 Å². The van der Waals surface area contributed by atoms with Crippen LogP contribution in [-0.4, -0.2) is 22.0 Å². The van der Waals surface area contributed by atoms with E-state index in [0.29, 0.717) is 29.4 Å². The Morgan fingerprint density at radius 3 is 2.53 bits per heavy atom. The Morgan fingerprint density at radius 2 is 1.76 bits per heavy atom. The molecule has 1 aliphatic carbocycles. The summed E-state index contributed by atoms with van der Waals surface area (Å²) >= 11 is 6.11. The van der Waals surface area contributed by atoms with Gasteiger partial charge >= 0.3 is 0 Å². The van der Waals surface area contributed by atoms with Gasteiger partial charge in [0.15, 0.2) is 0 Å². The number of non-ortho nitro benzene ring substituents is 1. The fraction of sp³-hybridized carbons (Fsp3) is 0.269. The molecule has 0 amide bonds. The van der Waals surface area contributed by atoms with E-state index in [1.165, 1.54) is 12.1 Å². The highest BCUT2D eigenvalue weighted by molar-refractivity contribution is 6.31. The predicted molar refractivity (Wildman–Crippen MR) is 134 cm³/mol. The zero-order valence-electron chi connectivity index (χ0n) is 18.5. The molecule has 34 heavy (non-hydrogen) atoms. The van der Waals surface area contributed by atoms with Crippen LogP contribution in [0.3, 0.4) is 0 Å². The third kappa shape index (κ3) is 5.05. The predicted octanol–water partition coefficient (Wildman–Crippen LogP) is 6.57. The highest BCUT2D eigenvalue weighted by atomic mass is 35.5. The number of nitro benzene ring substituents is 1. The Kier molecular flexibility index (Phi) is 6.47. The Bertz CT molecular complexity index is 1300. The van der Waals surface area contributed by atoms with Crippen molar-refractivity contribution in [1.82, 2.24) is 10.3 Å². The van der Waals surface area contributed by atoms with Gasteiger partial charge in [0.25, 0.3) is 5.69 Å². The lowest BCUT2D eigenvalue weighted by Crippen LogP contribution is -2.36. The lowest BCUT2D eigenvalue weighted by molar-refractivity contribution is -0.384. The molecular weight excluding hydrogens is 452 g/mol. The van der Waals surface area contributed by atoms with Crippen LogP contribution < -0.4 is 10.6 Å². The van der Waals surface area contributed by atoms with E-state index in [2.05, 4.69) is 15.6 Å². The molecule has 0 aliphatic heterocycles. The minimum absolute atomic E-state index is 0.0730. The molecule has 8 heteroatoms. The van der Waals surface area contributed by atoms with Gasteiger partial charge in [-0.1, -0.05) is 11.6 Å². The van der Waals surface area contributed by atoms with Crippen molar-refractivity contribution in [2.45, 2.75) is 44.3 Å². The monoisotopic (exact) mass is 476 g/mol. The fourth-order valence-corrected chi connectivity index (χ4v) is 4.70. The van der Waals surface area contributed by atoms with E-state index >= 15 is 0 Å². The van der Waals surface area contributed by atoms with E-state index in [1.807, 2.05) is 42.6 Å². The van der Waals surface area contributed by atoms with Crippen molar-refractivity contribution in [2.24, 2.45) is 0 Å². The van der Waals surface area contributed by atoms with Gasteiger partial charge in [-0.3, -0.25) is 15.1 Å². The number of anilines is 1. The van der Waals surface area contributed by atoms with Crippen molar-refractivity contribution < 1.29 is 9.34 Å². The van der Waals surface area contributed by atoms with Gasteiger partial charge in [-0.15, -0.1) is 0 Å². The van der Waals surface area contributed by atoms with E-state index in [-0.39, 0.29) is 5.69 Å². The van der Waals surface area contributed by atoms with E-state index in [4.69, 9.17) is 16.0 Å². The molecule has 2 aromatic carbocycles. The topological polar surface area (TPSA) is 93.2 Å². The third-order valence-electron chi connectivity index (χ3n) is 6.38. The van der Waals surface area contributed by atoms with Crippen molar-refractivity contribution in [2.75, 3.05) is 5.32 Å². The number of halogens is 1.